The van der Waals surface area contributed by atoms with Crippen LogP contribution < -0.4 is 0 Å². The van der Waals surface area contributed by atoms with Gasteiger partial charge < -0.3 is 14.7 Å². The van der Waals surface area contributed by atoms with Gasteiger partial charge >= 0.3 is 5.97 Å². The molecular weight excluding hydrogens is 198 g/mol. The molecule has 1 fully saturated rings. The fourth-order valence-corrected chi connectivity index (χ4v) is 1.88. The summed E-state index contributed by atoms with van der Waals surface area (Å²) in [4.78, 5) is 23.4. The third-order valence-corrected chi connectivity index (χ3v) is 2.70. The number of nitrogens with zero attached hydrogens (tertiary/aromatic N) is 1. The normalized spacial score (nSPS) is 22.7. The number of hydrogen-bond donors (Lipinski definition) is 1. The van der Waals surface area contributed by atoms with E-state index in [1.54, 1.807) is 13.8 Å². The maximum Gasteiger partial charge on any atom is 0.326 e. The van der Waals surface area contributed by atoms with Crippen LogP contribution in [0.4, 0.5) is 0 Å². The summed E-state index contributed by atoms with van der Waals surface area (Å²) in [5.74, 6) is -1.04. The van der Waals surface area contributed by atoms with Gasteiger partial charge in [0.15, 0.2) is 0 Å². The number of amides is 1. The average molecular weight is 215 g/mol. The Morgan fingerprint density at radius 3 is 2.60 bits per heavy atom. The SMILES string of the molecule is CC(C)N(C=O)C(C(=O)O)C1CCOC1. The van der Waals surface area contributed by atoms with Crippen molar-refractivity contribution in [1.82, 2.24) is 4.90 Å². The van der Waals surface area contributed by atoms with Crippen molar-refractivity contribution in [2.75, 3.05) is 13.2 Å². The molecule has 0 aromatic rings. The number of aliphatic carboxylic acids is 1. The number of carboxylic acids is 1. The predicted octanol–water partition coefficient (Wildman–Crippen LogP) is 0.343. The van der Waals surface area contributed by atoms with Crippen molar-refractivity contribution in [3.8, 4) is 0 Å². The highest BCUT2D eigenvalue weighted by atomic mass is 16.5. The number of rotatable bonds is 5. The van der Waals surface area contributed by atoms with Gasteiger partial charge in [-0.15, -0.1) is 0 Å². The molecule has 2 atom stereocenters. The van der Waals surface area contributed by atoms with Crippen LogP contribution in [0.3, 0.4) is 0 Å². The highest BCUT2D eigenvalue weighted by Crippen LogP contribution is 2.22. The molecule has 1 aliphatic heterocycles. The van der Waals surface area contributed by atoms with Gasteiger partial charge in [0.2, 0.25) is 6.41 Å². The molecule has 1 aliphatic rings. The largest absolute Gasteiger partial charge is 0.480 e. The topological polar surface area (TPSA) is 66.8 Å². The van der Waals surface area contributed by atoms with E-state index in [1.165, 1.54) is 4.90 Å². The molecule has 1 amide bonds. The molecule has 0 radical (unpaired) electrons. The van der Waals surface area contributed by atoms with Crippen LogP contribution in [-0.2, 0) is 14.3 Å². The van der Waals surface area contributed by atoms with Crippen LogP contribution in [0.2, 0.25) is 0 Å². The molecule has 1 N–H and O–H groups in total. The van der Waals surface area contributed by atoms with Gasteiger partial charge in [0.1, 0.15) is 6.04 Å². The van der Waals surface area contributed by atoms with E-state index in [2.05, 4.69) is 0 Å². The van der Waals surface area contributed by atoms with Crippen molar-refractivity contribution in [2.24, 2.45) is 5.92 Å². The Hall–Kier alpha value is -1.10. The first-order valence-electron chi connectivity index (χ1n) is 5.11. The monoisotopic (exact) mass is 215 g/mol. The van der Waals surface area contributed by atoms with Crippen molar-refractivity contribution in [3.63, 3.8) is 0 Å². The van der Waals surface area contributed by atoms with E-state index in [-0.39, 0.29) is 12.0 Å². The van der Waals surface area contributed by atoms with Gasteiger partial charge in [0.25, 0.3) is 0 Å². The van der Waals surface area contributed by atoms with E-state index in [1.807, 2.05) is 0 Å². The smallest absolute Gasteiger partial charge is 0.326 e. The molecule has 1 rings (SSSR count). The number of hydrogen-bond acceptors (Lipinski definition) is 3. The van der Waals surface area contributed by atoms with Gasteiger partial charge in [0, 0.05) is 18.6 Å². The zero-order valence-electron chi connectivity index (χ0n) is 9.05. The van der Waals surface area contributed by atoms with Crippen LogP contribution in [0.25, 0.3) is 0 Å². The van der Waals surface area contributed by atoms with Crippen LogP contribution in [0.15, 0.2) is 0 Å². The fraction of sp³-hybridized carbons (Fsp3) is 0.800. The van der Waals surface area contributed by atoms with Crippen LogP contribution in [0, 0.1) is 5.92 Å². The lowest BCUT2D eigenvalue weighted by Gasteiger charge is -2.31. The molecule has 0 spiro atoms. The molecule has 0 aromatic heterocycles. The number of carbonyl (C=O) groups is 2. The summed E-state index contributed by atoms with van der Waals surface area (Å²) < 4.78 is 5.16. The minimum atomic E-state index is -0.952. The summed E-state index contributed by atoms with van der Waals surface area (Å²) in [5.41, 5.74) is 0. The van der Waals surface area contributed by atoms with Crippen LogP contribution in [0.5, 0.6) is 0 Å². The van der Waals surface area contributed by atoms with Crippen molar-refractivity contribution < 1.29 is 19.4 Å². The number of carbonyl (C=O) groups excluding carboxylic acids is 1. The second-order valence-electron chi connectivity index (χ2n) is 4.05. The first-order chi connectivity index (χ1) is 7.07. The lowest BCUT2D eigenvalue weighted by Crippen LogP contribution is -2.49. The number of carboxylic acid groups (broad SMARTS) is 1. The molecule has 5 heteroatoms. The Bertz CT molecular complexity index is 236. The molecule has 1 saturated heterocycles. The molecular formula is C10H17NO4. The summed E-state index contributed by atoms with van der Waals surface area (Å²) in [7, 11) is 0. The highest BCUT2D eigenvalue weighted by Gasteiger charge is 2.36. The van der Waals surface area contributed by atoms with Crippen LogP contribution >= 0.6 is 0 Å². The fourth-order valence-electron chi connectivity index (χ4n) is 1.88. The van der Waals surface area contributed by atoms with Crippen LogP contribution in [0.1, 0.15) is 20.3 Å². The van der Waals surface area contributed by atoms with Crippen LogP contribution in [-0.4, -0.2) is 47.7 Å². The molecule has 0 aromatic carbocycles. The first kappa shape index (κ1) is 12.0. The van der Waals surface area contributed by atoms with Crippen molar-refractivity contribution in [3.05, 3.63) is 0 Å². The maximum absolute atomic E-state index is 11.1. The van der Waals surface area contributed by atoms with Gasteiger partial charge in [-0.1, -0.05) is 0 Å². The predicted molar refractivity (Wildman–Crippen MR) is 53.4 cm³/mol. The second kappa shape index (κ2) is 5.11. The van der Waals surface area contributed by atoms with E-state index in [0.29, 0.717) is 26.0 Å². The van der Waals surface area contributed by atoms with Gasteiger partial charge in [-0.25, -0.2) is 4.79 Å². The number of ether oxygens (including phenoxy) is 1. The Labute approximate surface area is 89.0 Å². The molecule has 15 heavy (non-hydrogen) atoms. The third kappa shape index (κ3) is 2.68. The molecule has 1 heterocycles. The molecule has 2 unspecified atom stereocenters. The van der Waals surface area contributed by atoms with E-state index in [9.17, 15) is 9.59 Å². The van der Waals surface area contributed by atoms with Gasteiger partial charge in [0.05, 0.1) is 6.61 Å². The molecule has 0 saturated carbocycles. The Morgan fingerprint density at radius 2 is 2.27 bits per heavy atom. The minimum absolute atomic E-state index is 0.0879. The lowest BCUT2D eigenvalue weighted by molar-refractivity contribution is -0.150. The Kier molecular flexibility index (Phi) is 4.08. The summed E-state index contributed by atoms with van der Waals surface area (Å²) in [6.07, 6.45) is 1.32. The van der Waals surface area contributed by atoms with Gasteiger partial charge in [-0.2, -0.15) is 0 Å². The maximum atomic E-state index is 11.1. The second-order valence-corrected chi connectivity index (χ2v) is 4.05. The van der Waals surface area contributed by atoms with Crippen molar-refractivity contribution >= 4 is 12.4 Å². The van der Waals surface area contributed by atoms with E-state index in [4.69, 9.17) is 9.84 Å². The Balaban J connectivity index is 2.79. The third-order valence-electron chi connectivity index (χ3n) is 2.70. The van der Waals surface area contributed by atoms with Crippen molar-refractivity contribution in [1.29, 1.82) is 0 Å². The van der Waals surface area contributed by atoms with Crippen molar-refractivity contribution in [2.45, 2.75) is 32.4 Å². The van der Waals surface area contributed by atoms with Gasteiger partial charge in [-0.3, -0.25) is 4.79 Å². The minimum Gasteiger partial charge on any atom is -0.480 e. The average Bonchev–Trinajstić information content (AvgIpc) is 2.64. The molecule has 5 nitrogen and oxygen atoms in total. The summed E-state index contributed by atoms with van der Waals surface area (Å²) in [5, 5.41) is 9.13. The molecule has 86 valence electrons. The Morgan fingerprint density at radius 1 is 1.60 bits per heavy atom. The highest BCUT2D eigenvalue weighted by molar-refractivity contribution is 5.76. The van der Waals surface area contributed by atoms with Gasteiger partial charge in [-0.05, 0) is 20.3 Å². The van der Waals surface area contributed by atoms with E-state index < -0.39 is 12.0 Å². The summed E-state index contributed by atoms with van der Waals surface area (Å²) in [6, 6.07) is -0.866. The standard InChI is InChI=1S/C10H17NO4/c1-7(2)11(6-12)9(10(13)14)8-3-4-15-5-8/h6-9H,3-5H2,1-2H3,(H,13,14). The summed E-state index contributed by atoms with van der Waals surface area (Å²) >= 11 is 0. The lowest BCUT2D eigenvalue weighted by atomic mass is 9.97. The zero-order valence-corrected chi connectivity index (χ0v) is 9.05. The molecule has 0 aliphatic carbocycles. The molecule has 0 bridgehead atoms. The quantitative estimate of drug-likeness (QED) is 0.672. The first-order valence-corrected chi connectivity index (χ1v) is 5.11. The van der Waals surface area contributed by atoms with E-state index in [0.717, 1.165) is 0 Å². The summed E-state index contributed by atoms with van der Waals surface area (Å²) in [6.45, 7) is 4.62. The van der Waals surface area contributed by atoms with E-state index >= 15 is 0 Å². The zero-order chi connectivity index (χ0) is 11.4.